The van der Waals surface area contributed by atoms with Gasteiger partial charge in [-0.15, -0.1) is 0 Å². The van der Waals surface area contributed by atoms with Crippen LogP contribution in [0, 0.1) is 0 Å². The van der Waals surface area contributed by atoms with Gasteiger partial charge in [0.2, 0.25) is 0 Å². The third-order valence-corrected chi connectivity index (χ3v) is 3.21. The number of hydrogen-bond acceptors (Lipinski definition) is 2. The van der Waals surface area contributed by atoms with Gasteiger partial charge in [-0.05, 0) is 25.1 Å². The fourth-order valence-corrected chi connectivity index (χ4v) is 2.05. The molecule has 0 aliphatic carbocycles. The van der Waals surface area contributed by atoms with Gasteiger partial charge in [0, 0.05) is 18.4 Å². The van der Waals surface area contributed by atoms with E-state index >= 15 is 0 Å². The maximum absolute atomic E-state index is 12.7. The largest absolute Gasteiger partial charge is 0.417 e. The lowest BCUT2D eigenvalue weighted by molar-refractivity contribution is -0.137. The average Bonchev–Trinajstić information content (AvgIpc) is 2.84. The number of rotatable bonds is 4. The molecule has 0 atom stereocenters. The Morgan fingerprint density at radius 1 is 1.35 bits per heavy atom. The molecule has 0 amide bonds. The van der Waals surface area contributed by atoms with Crippen molar-refractivity contribution in [3.63, 3.8) is 0 Å². The highest BCUT2D eigenvalue weighted by Gasteiger charge is 2.33. The molecule has 0 bridgehead atoms. The summed E-state index contributed by atoms with van der Waals surface area (Å²) in [4.78, 5) is 4.00. The molecule has 0 unspecified atom stereocenters. The fourth-order valence-electron chi connectivity index (χ4n) is 1.83. The first-order chi connectivity index (χ1) is 9.41. The van der Waals surface area contributed by atoms with E-state index in [1.807, 2.05) is 11.5 Å². The Labute approximate surface area is 119 Å². The molecule has 1 heterocycles. The van der Waals surface area contributed by atoms with E-state index in [9.17, 15) is 13.2 Å². The Kier molecular flexibility index (Phi) is 4.23. The third kappa shape index (κ3) is 3.25. The van der Waals surface area contributed by atoms with Crippen molar-refractivity contribution in [1.82, 2.24) is 9.55 Å². The predicted molar refractivity (Wildman–Crippen MR) is 71.7 cm³/mol. The Balaban J connectivity index is 2.15. The lowest BCUT2D eigenvalue weighted by atomic mass is 10.2. The molecule has 0 aliphatic heterocycles. The first kappa shape index (κ1) is 14.7. The predicted octanol–water partition coefficient (Wildman–Crippen LogP) is 4.19. The molecule has 0 fully saturated rings. The normalized spacial score (nSPS) is 11.7. The van der Waals surface area contributed by atoms with E-state index in [0.717, 1.165) is 18.3 Å². The van der Waals surface area contributed by atoms with Crippen molar-refractivity contribution in [2.75, 3.05) is 5.32 Å². The lowest BCUT2D eigenvalue weighted by Gasteiger charge is -2.13. The highest BCUT2D eigenvalue weighted by Crippen LogP contribution is 2.36. The highest BCUT2D eigenvalue weighted by atomic mass is 35.5. The number of halogens is 4. The van der Waals surface area contributed by atoms with E-state index in [4.69, 9.17) is 11.6 Å². The van der Waals surface area contributed by atoms with Gasteiger partial charge < -0.3 is 9.88 Å². The Hall–Kier alpha value is -1.69. The molecule has 7 heteroatoms. The van der Waals surface area contributed by atoms with Crippen molar-refractivity contribution in [1.29, 1.82) is 0 Å². The van der Waals surface area contributed by atoms with E-state index in [-0.39, 0.29) is 5.02 Å². The molecule has 1 N–H and O–H groups in total. The topological polar surface area (TPSA) is 29.9 Å². The lowest BCUT2D eigenvalue weighted by Crippen LogP contribution is -2.09. The van der Waals surface area contributed by atoms with Crippen molar-refractivity contribution >= 4 is 17.3 Å². The average molecular weight is 304 g/mol. The summed E-state index contributed by atoms with van der Waals surface area (Å²) < 4.78 is 40.1. The first-order valence-corrected chi connectivity index (χ1v) is 6.39. The highest BCUT2D eigenvalue weighted by molar-refractivity contribution is 6.31. The Bertz CT molecular complexity index is 593. The van der Waals surface area contributed by atoms with Crippen LogP contribution in [0.5, 0.6) is 0 Å². The molecule has 0 spiro atoms. The zero-order valence-corrected chi connectivity index (χ0v) is 11.5. The SMILES string of the molecule is CCn1cncc1CNc1ccc(Cl)c(C(F)(F)F)c1. The molecule has 3 nitrogen and oxygen atoms in total. The molecule has 108 valence electrons. The maximum Gasteiger partial charge on any atom is 0.417 e. The number of imidazole rings is 1. The van der Waals surface area contributed by atoms with E-state index in [1.165, 1.54) is 12.1 Å². The Morgan fingerprint density at radius 3 is 2.75 bits per heavy atom. The quantitative estimate of drug-likeness (QED) is 0.918. The van der Waals surface area contributed by atoms with Gasteiger partial charge >= 0.3 is 6.18 Å². The zero-order chi connectivity index (χ0) is 14.8. The van der Waals surface area contributed by atoms with Crippen molar-refractivity contribution in [3.05, 3.63) is 47.0 Å². The van der Waals surface area contributed by atoms with E-state index < -0.39 is 11.7 Å². The van der Waals surface area contributed by atoms with Crippen molar-refractivity contribution in [3.8, 4) is 0 Å². The van der Waals surface area contributed by atoms with E-state index in [0.29, 0.717) is 12.2 Å². The number of benzene rings is 1. The number of aromatic nitrogens is 2. The number of anilines is 1. The molecule has 20 heavy (non-hydrogen) atoms. The van der Waals surface area contributed by atoms with Gasteiger partial charge in [-0.25, -0.2) is 4.98 Å². The van der Waals surface area contributed by atoms with Crippen LogP contribution in [0.2, 0.25) is 5.02 Å². The smallest absolute Gasteiger partial charge is 0.379 e. The van der Waals surface area contributed by atoms with Crippen LogP contribution in [0.15, 0.2) is 30.7 Å². The summed E-state index contributed by atoms with van der Waals surface area (Å²) >= 11 is 5.57. The van der Waals surface area contributed by atoms with Gasteiger partial charge in [0.1, 0.15) is 0 Å². The van der Waals surface area contributed by atoms with Crippen LogP contribution in [-0.2, 0) is 19.3 Å². The monoisotopic (exact) mass is 303 g/mol. The number of aryl methyl sites for hydroxylation is 1. The van der Waals surface area contributed by atoms with Crippen LogP contribution >= 0.6 is 11.6 Å². The molecular formula is C13H13ClF3N3. The number of alkyl halides is 3. The summed E-state index contributed by atoms with van der Waals surface area (Å²) in [7, 11) is 0. The van der Waals surface area contributed by atoms with Gasteiger partial charge in [-0.1, -0.05) is 11.6 Å². The molecule has 2 aromatic rings. The fraction of sp³-hybridized carbons (Fsp3) is 0.308. The van der Waals surface area contributed by atoms with Crippen molar-refractivity contribution < 1.29 is 13.2 Å². The minimum Gasteiger partial charge on any atom is -0.379 e. The molecule has 0 saturated heterocycles. The van der Waals surface area contributed by atoms with Gasteiger partial charge in [-0.2, -0.15) is 13.2 Å². The van der Waals surface area contributed by atoms with Crippen LogP contribution in [0.25, 0.3) is 0 Å². The number of nitrogens with zero attached hydrogens (tertiary/aromatic N) is 2. The molecular weight excluding hydrogens is 291 g/mol. The molecule has 0 aliphatic rings. The zero-order valence-electron chi connectivity index (χ0n) is 10.7. The van der Waals surface area contributed by atoms with Crippen LogP contribution in [-0.4, -0.2) is 9.55 Å². The first-order valence-electron chi connectivity index (χ1n) is 6.01. The summed E-state index contributed by atoms with van der Waals surface area (Å²) in [6.45, 7) is 3.12. The summed E-state index contributed by atoms with van der Waals surface area (Å²) in [6.07, 6.45) is -1.10. The summed E-state index contributed by atoms with van der Waals surface area (Å²) in [5.41, 5.74) is 0.426. The van der Waals surface area contributed by atoms with Crippen LogP contribution in [0.4, 0.5) is 18.9 Å². The standard InChI is InChI=1S/C13H13ClF3N3/c1-2-20-8-18-6-10(20)7-19-9-3-4-12(14)11(5-9)13(15,16)17/h3-6,8,19H,2,7H2,1H3. The van der Waals surface area contributed by atoms with Gasteiger partial charge in [0.15, 0.2) is 0 Å². The second kappa shape index (κ2) is 5.75. The summed E-state index contributed by atoms with van der Waals surface area (Å²) in [6, 6.07) is 3.77. The molecule has 2 rings (SSSR count). The van der Waals surface area contributed by atoms with Gasteiger partial charge in [-0.3, -0.25) is 0 Å². The minimum absolute atomic E-state index is 0.304. The molecule has 1 aromatic carbocycles. The van der Waals surface area contributed by atoms with Crippen LogP contribution < -0.4 is 5.32 Å². The van der Waals surface area contributed by atoms with E-state index in [2.05, 4.69) is 10.3 Å². The molecule has 1 aromatic heterocycles. The number of hydrogen-bond donors (Lipinski definition) is 1. The maximum atomic E-state index is 12.7. The van der Waals surface area contributed by atoms with Gasteiger partial charge in [0.05, 0.1) is 29.2 Å². The van der Waals surface area contributed by atoms with Gasteiger partial charge in [0.25, 0.3) is 0 Å². The third-order valence-electron chi connectivity index (χ3n) is 2.88. The van der Waals surface area contributed by atoms with Crippen molar-refractivity contribution in [2.24, 2.45) is 0 Å². The van der Waals surface area contributed by atoms with E-state index in [1.54, 1.807) is 12.5 Å². The summed E-state index contributed by atoms with van der Waals surface area (Å²) in [5.74, 6) is 0. The molecule has 0 radical (unpaired) electrons. The molecule has 0 saturated carbocycles. The van der Waals surface area contributed by atoms with Crippen LogP contribution in [0.1, 0.15) is 18.2 Å². The minimum atomic E-state index is -4.46. The Morgan fingerprint density at radius 2 is 2.10 bits per heavy atom. The number of nitrogens with one attached hydrogen (secondary N) is 1. The summed E-state index contributed by atoms with van der Waals surface area (Å²) in [5, 5.41) is 2.64. The second-order valence-electron chi connectivity index (χ2n) is 4.22. The van der Waals surface area contributed by atoms with Crippen LogP contribution in [0.3, 0.4) is 0 Å². The second-order valence-corrected chi connectivity index (χ2v) is 4.62. The van der Waals surface area contributed by atoms with Crippen molar-refractivity contribution in [2.45, 2.75) is 26.2 Å².